The van der Waals surface area contributed by atoms with Gasteiger partial charge < -0.3 is 25.3 Å². The van der Waals surface area contributed by atoms with Crippen molar-refractivity contribution in [3.8, 4) is 0 Å². The van der Waals surface area contributed by atoms with Crippen LogP contribution in [0.4, 0.5) is 0 Å². The van der Waals surface area contributed by atoms with Crippen LogP contribution < -0.4 is 5.73 Å². The molecule has 1 aliphatic rings. The van der Waals surface area contributed by atoms with Gasteiger partial charge in [-0.1, -0.05) is 0 Å². The van der Waals surface area contributed by atoms with Gasteiger partial charge in [-0.15, -0.1) is 11.8 Å². The molecule has 0 aromatic carbocycles. The van der Waals surface area contributed by atoms with E-state index >= 15 is 0 Å². The van der Waals surface area contributed by atoms with Crippen molar-refractivity contribution in [3.05, 3.63) is 12.0 Å². The SMILES string of the molecule is Cc1ncc(SCC(N)C(=O)O)n1CC(O)CN1CCOCC1. The van der Waals surface area contributed by atoms with Gasteiger partial charge in [0.25, 0.3) is 0 Å². The normalized spacial score (nSPS) is 18.7. The number of rotatable bonds is 8. The number of aliphatic carboxylic acids is 1. The van der Waals surface area contributed by atoms with E-state index in [1.54, 1.807) is 6.20 Å². The number of ether oxygens (including phenoxy) is 1. The van der Waals surface area contributed by atoms with Gasteiger partial charge in [-0.25, -0.2) is 4.98 Å². The summed E-state index contributed by atoms with van der Waals surface area (Å²) in [5.41, 5.74) is 5.53. The lowest BCUT2D eigenvalue weighted by Gasteiger charge is -2.29. The van der Waals surface area contributed by atoms with Crippen LogP contribution in [-0.2, 0) is 16.1 Å². The molecule has 2 unspecified atom stereocenters. The number of hydrogen-bond donors (Lipinski definition) is 3. The molecule has 23 heavy (non-hydrogen) atoms. The maximum Gasteiger partial charge on any atom is 0.321 e. The molecular formula is C14H24N4O4S. The molecule has 2 atom stereocenters. The van der Waals surface area contributed by atoms with Gasteiger partial charge in [-0.2, -0.15) is 0 Å². The van der Waals surface area contributed by atoms with Crippen molar-refractivity contribution >= 4 is 17.7 Å². The molecule has 9 heteroatoms. The third-order valence-electron chi connectivity index (χ3n) is 3.71. The summed E-state index contributed by atoms with van der Waals surface area (Å²) in [4.78, 5) is 17.2. The summed E-state index contributed by atoms with van der Waals surface area (Å²) in [6.45, 7) is 5.93. The Hall–Kier alpha value is -1.13. The Labute approximate surface area is 139 Å². The standard InChI is InChI=1S/C14H24N4O4S/c1-10-16-6-13(23-9-12(15)14(20)21)18(10)8-11(19)7-17-2-4-22-5-3-17/h6,11-12,19H,2-5,7-9,15H2,1H3,(H,20,21). The third-order valence-corrected chi connectivity index (χ3v) is 4.86. The zero-order valence-electron chi connectivity index (χ0n) is 13.2. The predicted molar refractivity (Wildman–Crippen MR) is 86.6 cm³/mol. The van der Waals surface area contributed by atoms with Gasteiger partial charge in [0.2, 0.25) is 0 Å². The summed E-state index contributed by atoms with van der Waals surface area (Å²) in [7, 11) is 0. The first kappa shape index (κ1) is 18.2. The summed E-state index contributed by atoms with van der Waals surface area (Å²) in [6, 6.07) is -0.915. The lowest BCUT2D eigenvalue weighted by atomic mass is 10.3. The van der Waals surface area contributed by atoms with E-state index in [0.29, 0.717) is 26.3 Å². The molecule has 1 saturated heterocycles. The smallest absolute Gasteiger partial charge is 0.321 e. The molecule has 1 fully saturated rings. The molecule has 0 saturated carbocycles. The fraction of sp³-hybridized carbons (Fsp3) is 0.714. The number of aryl methyl sites for hydroxylation is 1. The van der Waals surface area contributed by atoms with Crippen LogP contribution in [-0.4, -0.2) is 81.4 Å². The molecule has 1 aliphatic heterocycles. The molecule has 4 N–H and O–H groups in total. The minimum absolute atomic E-state index is 0.264. The number of carboxylic acids is 1. The second-order valence-corrected chi connectivity index (χ2v) is 6.62. The van der Waals surface area contributed by atoms with E-state index in [1.807, 2.05) is 11.5 Å². The van der Waals surface area contributed by atoms with E-state index in [0.717, 1.165) is 23.9 Å². The van der Waals surface area contributed by atoms with E-state index in [1.165, 1.54) is 11.8 Å². The Morgan fingerprint density at radius 1 is 1.48 bits per heavy atom. The summed E-state index contributed by atoms with van der Waals surface area (Å²) >= 11 is 1.34. The molecule has 1 aromatic heterocycles. The topological polar surface area (TPSA) is 114 Å². The second kappa shape index (κ2) is 8.65. The number of aliphatic hydroxyl groups is 1. The number of aliphatic hydroxyl groups excluding tert-OH is 1. The molecule has 0 bridgehead atoms. The highest BCUT2D eigenvalue weighted by atomic mass is 32.2. The number of carboxylic acid groups (broad SMARTS) is 1. The Morgan fingerprint density at radius 2 is 2.17 bits per heavy atom. The maximum atomic E-state index is 10.8. The maximum absolute atomic E-state index is 10.8. The van der Waals surface area contributed by atoms with E-state index in [9.17, 15) is 9.90 Å². The van der Waals surface area contributed by atoms with E-state index in [-0.39, 0.29) is 5.75 Å². The van der Waals surface area contributed by atoms with Crippen LogP contribution in [0.1, 0.15) is 5.82 Å². The first-order chi connectivity index (χ1) is 11.0. The summed E-state index contributed by atoms with van der Waals surface area (Å²) in [6.07, 6.45) is 1.17. The van der Waals surface area contributed by atoms with Crippen molar-refractivity contribution in [2.45, 2.75) is 30.6 Å². The number of thioether (sulfide) groups is 1. The number of β-amino-alcohol motifs (C(OH)–C–C–N with tert-alkyl or cyclic N) is 1. The van der Waals surface area contributed by atoms with Gasteiger partial charge in [0.15, 0.2) is 0 Å². The Morgan fingerprint density at radius 3 is 2.83 bits per heavy atom. The molecule has 0 radical (unpaired) electrons. The highest BCUT2D eigenvalue weighted by Gasteiger charge is 2.19. The summed E-state index contributed by atoms with van der Waals surface area (Å²) in [5.74, 6) is 0.0325. The molecule has 2 rings (SSSR count). The third kappa shape index (κ3) is 5.47. The Kier molecular flexibility index (Phi) is 6.85. The molecule has 0 aliphatic carbocycles. The lowest BCUT2D eigenvalue weighted by Crippen LogP contribution is -2.42. The van der Waals surface area contributed by atoms with Crippen LogP contribution in [0.25, 0.3) is 0 Å². The molecule has 1 aromatic rings. The van der Waals surface area contributed by atoms with Crippen molar-refractivity contribution in [3.63, 3.8) is 0 Å². The largest absolute Gasteiger partial charge is 0.480 e. The molecule has 8 nitrogen and oxygen atoms in total. The van der Waals surface area contributed by atoms with Crippen molar-refractivity contribution in [1.82, 2.24) is 14.5 Å². The van der Waals surface area contributed by atoms with Crippen LogP contribution >= 0.6 is 11.8 Å². The zero-order chi connectivity index (χ0) is 16.8. The van der Waals surface area contributed by atoms with Crippen LogP contribution in [0.2, 0.25) is 0 Å². The molecular weight excluding hydrogens is 320 g/mol. The first-order valence-corrected chi connectivity index (χ1v) is 8.57. The fourth-order valence-corrected chi connectivity index (χ4v) is 3.36. The number of nitrogens with two attached hydrogens (primary N) is 1. The van der Waals surface area contributed by atoms with Crippen molar-refractivity contribution < 1.29 is 19.7 Å². The molecule has 2 heterocycles. The van der Waals surface area contributed by atoms with Gasteiger partial charge >= 0.3 is 5.97 Å². The van der Waals surface area contributed by atoms with E-state index in [4.69, 9.17) is 15.6 Å². The number of aromatic nitrogens is 2. The first-order valence-electron chi connectivity index (χ1n) is 7.59. The van der Waals surface area contributed by atoms with Gasteiger partial charge in [-0.3, -0.25) is 9.69 Å². The molecule has 130 valence electrons. The van der Waals surface area contributed by atoms with Crippen LogP contribution in [0.15, 0.2) is 11.2 Å². The predicted octanol–water partition coefficient (Wildman–Crippen LogP) is -0.611. The highest BCUT2D eigenvalue weighted by Crippen LogP contribution is 2.20. The average molecular weight is 344 g/mol. The number of imidazole rings is 1. The lowest BCUT2D eigenvalue weighted by molar-refractivity contribution is -0.137. The number of carbonyl (C=O) groups is 1. The fourth-order valence-electron chi connectivity index (χ4n) is 2.38. The minimum Gasteiger partial charge on any atom is -0.480 e. The summed E-state index contributed by atoms with van der Waals surface area (Å²) < 4.78 is 7.20. The highest BCUT2D eigenvalue weighted by molar-refractivity contribution is 7.99. The number of morpholine rings is 1. The zero-order valence-corrected chi connectivity index (χ0v) is 14.0. The van der Waals surface area contributed by atoms with Crippen molar-refractivity contribution in [2.75, 3.05) is 38.6 Å². The van der Waals surface area contributed by atoms with Gasteiger partial charge in [0, 0.05) is 25.4 Å². The van der Waals surface area contributed by atoms with E-state index in [2.05, 4.69) is 9.88 Å². The van der Waals surface area contributed by atoms with E-state index < -0.39 is 18.1 Å². The van der Waals surface area contributed by atoms with Crippen molar-refractivity contribution in [1.29, 1.82) is 0 Å². The average Bonchev–Trinajstić information content (AvgIpc) is 2.86. The number of hydrogen-bond acceptors (Lipinski definition) is 7. The van der Waals surface area contributed by atoms with Crippen molar-refractivity contribution in [2.24, 2.45) is 5.73 Å². The Bertz CT molecular complexity index is 519. The van der Waals surface area contributed by atoms with Crippen LogP contribution in [0.3, 0.4) is 0 Å². The quantitative estimate of drug-likeness (QED) is 0.535. The Balaban J connectivity index is 1.90. The molecule has 0 amide bonds. The van der Waals surface area contributed by atoms with Gasteiger partial charge in [0.05, 0.1) is 37.1 Å². The summed E-state index contributed by atoms with van der Waals surface area (Å²) in [5, 5.41) is 20.0. The second-order valence-electron chi connectivity index (χ2n) is 5.58. The molecule has 0 spiro atoms. The van der Waals surface area contributed by atoms with Crippen LogP contribution in [0, 0.1) is 6.92 Å². The van der Waals surface area contributed by atoms with Gasteiger partial charge in [0.1, 0.15) is 11.9 Å². The minimum atomic E-state index is -1.02. The number of nitrogens with zero attached hydrogens (tertiary/aromatic N) is 3. The van der Waals surface area contributed by atoms with Crippen LogP contribution in [0.5, 0.6) is 0 Å². The van der Waals surface area contributed by atoms with Gasteiger partial charge in [-0.05, 0) is 6.92 Å². The monoisotopic (exact) mass is 344 g/mol.